The van der Waals surface area contributed by atoms with E-state index in [0.29, 0.717) is 19.3 Å². The molecule has 346 valence electrons. The molecule has 0 spiro atoms. The van der Waals surface area contributed by atoms with Crippen LogP contribution in [0.1, 0.15) is 278 Å². The molecule has 6 nitrogen and oxygen atoms in total. The van der Waals surface area contributed by atoms with Crippen molar-refractivity contribution in [2.75, 3.05) is 13.2 Å². The largest absolute Gasteiger partial charge is 0.462 e. The van der Waals surface area contributed by atoms with E-state index in [1.807, 2.05) is 0 Å². The van der Waals surface area contributed by atoms with E-state index < -0.39 is 6.10 Å². The number of hydrogen-bond donors (Lipinski definition) is 0. The molecular weight excluding hydrogens is 733 g/mol. The predicted octanol–water partition coefficient (Wildman–Crippen LogP) is 16.8. The first kappa shape index (κ1) is 56.9. The van der Waals surface area contributed by atoms with Crippen molar-refractivity contribution in [1.82, 2.24) is 0 Å². The van der Waals surface area contributed by atoms with Crippen LogP contribution in [-0.2, 0) is 28.6 Å². The molecule has 0 saturated heterocycles. The molecule has 0 N–H and O–H groups in total. The Bertz CT molecular complexity index is 958. The number of esters is 3. The molecule has 0 rings (SSSR count). The first-order valence-electron chi connectivity index (χ1n) is 25.9. The number of rotatable bonds is 47. The van der Waals surface area contributed by atoms with Gasteiger partial charge in [0.25, 0.3) is 0 Å². The summed E-state index contributed by atoms with van der Waals surface area (Å²) in [6.07, 6.45) is 54.5. The van der Waals surface area contributed by atoms with Gasteiger partial charge >= 0.3 is 17.9 Å². The maximum absolute atomic E-state index is 12.8. The summed E-state index contributed by atoms with van der Waals surface area (Å²) in [6, 6.07) is 0. The van der Waals surface area contributed by atoms with Crippen LogP contribution in [0.25, 0.3) is 0 Å². The van der Waals surface area contributed by atoms with Crippen molar-refractivity contribution in [2.24, 2.45) is 0 Å². The Labute approximate surface area is 366 Å². The van der Waals surface area contributed by atoms with E-state index in [4.69, 9.17) is 14.2 Å². The lowest BCUT2D eigenvalue weighted by atomic mass is 10.0. The SMILES string of the molecule is CCCC/C=C\C=C/CCCCCC(=O)OCC(COC(=O)CCCCCCCCCCCCCCCCCCCC)OC(=O)CCCCCCCCCCCCCC. The van der Waals surface area contributed by atoms with Gasteiger partial charge in [-0.05, 0) is 38.5 Å². The molecule has 0 amide bonds. The Balaban J connectivity index is 4.29. The van der Waals surface area contributed by atoms with Crippen LogP contribution in [-0.4, -0.2) is 37.2 Å². The van der Waals surface area contributed by atoms with Crippen molar-refractivity contribution >= 4 is 17.9 Å². The topological polar surface area (TPSA) is 78.9 Å². The van der Waals surface area contributed by atoms with Crippen LogP contribution in [0, 0.1) is 0 Å². The Morgan fingerprint density at radius 2 is 0.610 bits per heavy atom. The predicted molar refractivity (Wildman–Crippen MR) is 252 cm³/mol. The summed E-state index contributed by atoms with van der Waals surface area (Å²) < 4.78 is 16.8. The molecule has 0 heterocycles. The maximum atomic E-state index is 12.8. The first-order chi connectivity index (χ1) is 29.0. The van der Waals surface area contributed by atoms with Gasteiger partial charge in [-0.1, -0.05) is 244 Å². The van der Waals surface area contributed by atoms with Crippen LogP contribution in [0.15, 0.2) is 24.3 Å². The molecular formula is C53H98O6. The number of carbonyl (C=O) groups is 3. The summed E-state index contributed by atoms with van der Waals surface area (Å²) in [5, 5.41) is 0. The minimum atomic E-state index is -0.774. The van der Waals surface area contributed by atoms with Crippen molar-refractivity contribution in [3.63, 3.8) is 0 Å². The highest BCUT2D eigenvalue weighted by Gasteiger charge is 2.19. The molecule has 0 aliphatic rings. The van der Waals surface area contributed by atoms with Gasteiger partial charge in [0.05, 0.1) is 0 Å². The van der Waals surface area contributed by atoms with Gasteiger partial charge < -0.3 is 14.2 Å². The van der Waals surface area contributed by atoms with E-state index in [9.17, 15) is 14.4 Å². The number of unbranched alkanes of at least 4 members (excludes halogenated alkanes) is 33. The van der Waals surface area contributed by atoms with E-state index in [0.717, 1.165) is 70.6 Å². The van der Waals surface area contributed by atoms with E-state index in [1.165, 1.54) is 167 Å². The molecule has 0 saturated carbocycles. The Morgan fingerprint density at radius 1 is 0.339 bits per heavy atom. The number of hydrogen-bond acceptors (Lipinski definition) is 6. The lowest BCUT2D eigenvalue weighted by molar-refractivity contribution is -0.167. The molecule has 1 atom stereocenters. The Hall–Kier alpha value is -2.11. The molecule has 0 aliphatic heterocycles. The average Bonchev–Trinajstić information content (AvgIpc) is 3.23. The van der Waals surface area contributed by atoms with Crippen LogP contribution in [0.3, 0.4) is 0 Å². The smallest absolute Gasteiger partial charge is 0.306 e. The summed E-state index contributed by atoms with van der Waals surface area (Å²) in [4.78, 5) is 37.9. The van der Waals surface area contributed by atoms with Crippen molar-refractivity contribution < 1.29 is 28.6 Å². The number of carbonyl (C=O) groups excluding carboxylic acids is 3. The second-order valence-electron chi connectivity index (χ2n) is 17.5. The standard InChI is InChI=1S/C53H98O6/c1-4-7-10-13-16-19-22-24-25-26-27-28-29-32-34-37-40-43-46-52(55)58-49-50(48-57-51(54)45-42-39-36-33-30-21-18-15-12-9-6-3)59-53(56)47-44-41-38-35-31-23-20-17-14-11-8-5-2/h15,18,21,30,50H,4-14,16-17,19-20,22-29,31-49H2,1-3H3/b18-15-,30-21-. The molecule has 1 unspecified atom stereocenters. The molecule has 6 heteroatoms. The fourth-order valence-electron chi connectivity index (χ4n) is 7.54. The number of allylic oxidation sites excluding steroid dienone is 4. The Morgan fingerprint density at radius 3 is 0.949 bits per heavy atom. The normalized spacial score (nSPS) is 12.1. The van der Waals surface area contributed by atoms with Crippen LogP contribution < -0.4 is 0 Å². The maximum Gasteiger partial charge on any atom is 0.306 e. The van der Waals surface area contributed by atoms with Crippen molar-refractivity contribution in [2.45, 2.75) is 284 Å². The summed E-state index contributed by atoms with van der Waals surface area (Å²) in [6.45, 7) is 6.59. The minimum absolute atomic E-state index is 0.0748. The summed E-state index contributed by atoms with van der Waals surface area (Å²) >= 11 is 0. The molecule has 0 aromatic carbocycles. The first-order valence-corrected chi connectivity index (χ1v) is 25.9. The van der Waals surface area contributed by atoms with Crippen molar-refractivity contribution in [3.8, 4) is 0 Å². The van der Waals surface area contributed by atoms with Gasteiger partial charge in [-0.15, -0.1) is 0 Å². The zero-order chi connectivity index (χ0) is 43.0. The molecule has 0 bridgehead atoms. The van der Waals surface area contributed by atoms with Crippen LogP contribution >= 0.6 is 0 Å². The third kappa shape index (κ3) is 46.8. The van der Waals surface area contributed by atoms with Crippen LogP contribution in [0.5, 0.6) is 0 Å². The van der Waals surface area contributed by atoms with Gasteiger partial charge in [0.1, 0.15) is 13.2 Å². The highest BCUT2D eigenvalue weighted by molar-refractivity contribution is 5.71. The fraction of sp³-hybridized carbons (Fsp3) is 0.868. The fourth-order valence-corrected chi connectivity index (χ4v) is 7.54. The third-order valence-electron chi connectivity index (χ3n) is 11.5. The second-order valence-corrected chi connectivity index (χ2v) is 17.5. The van der Waals surface area contributed by atoms with Gasteiger partial charge in [-0.2, -0.15) is 0 Å². The summed E-state index contributed by atoms with van der Waals surface area (Å²) in [5.41, 5.74) is 0. The highest BCUT2D eigenvalue weighted by atomic mass is 16.6. The van der Waals surface area contributed by atoms with Gasteiger partial charge in [0, 0.05) is 19.3 Å². The summed E-state index contributed by atoms with van der Waals surface area (Å²) in [7, 11) is 0. The van der Waals surface area contributed by atoms with Crippen molar-refractivity contribution in [1.29, 1.82) is 0 Å². The minimum Gasteiger partial charge on any atom is -0.462 e. The Kier molecular flexibility index (Phi) is 46.8. The van der Waals surface area contributed by atoms with E-state index in [-0.39, 0.29) is 31.1 Å². The average molecular weight is 831 g/mol. The van der Waals surface area contributed by atoms with Crippen LogP contribution in [0.4, 0.5) is 0 Å². The second kappa shape index (κ2) is 48.6. The van der Waals surface area contributed by atoms with Gasteiger partial charge in [0.2, 0.25) is 0 Å². The number of ether oxygens (including phenoxy) is 3. The lowest BCUT2D eigenvalue weighted by Gasteiger charge is -2.18. The van der Waals surface area contributed by atoms with Gasteiger partial charge in [-0.3, -0.25) is 14.4 Å². The van der Waals surface area contributed by atoms with Gasteiger partial charge in [-0.25, -0.2) is 0 Å². The summed E-state index contributed by atoms with van der Waals surface area (Å²) in [5.74, 6) is -0.891. The quantitative estimate of drug-likeness (QED) is 0.0263. The molecule has 0 fully saturated rings. The van der Waals surface area contributed by atoms with E-state index >= 15 is 0 Å². The van der Waals surface area contributed by atoms with Gasteiger partial charge in [0.15, 0.2) is 6.10 Å². The van der Waals surface area contributed by atoms with E-state index in [2.05, 4.69) is 45.1 Å². The highest BCUT2D eigenvalue weighted by Crippen LogP contribution is 2.16. The van der Waals surface area contributed by atoms with E-state index in [1.54, 1.807) is 0 Å². The molecule has 59 heavy (non-hydrogen) atoms. The third-order valence-corrected chi connectivity index (χ3v) is 11.5. The zero-order valence-corrected chi connectivity index (χ0v) is 39.5. The molecule has 0 aliphatic carbocycles. The molecule has 0 aromatic rings. The molecule has 0 radical (unpaired) electrons. The zero-order valence-electron chi connectivity index (χ0n) is 39.5. The van der Waals surface area contributed by atoms with Crippen molar-refractivity contribution in [3.05, 3.63) is 24.3 Å². The monoisotopic (exact) mass is 831 g/mol. The van der Waals surface area contributed by atoms with Crippen LogP contribution in [0.2, 0.25) is 0 Å². The molecule has 0 aromatic heterocycles. The lowest BCUT2D eigenvalue weighted by Crippen LogP contribution is -2.30.